The molecule has 126 valence electrons. The van der Waals surface area contributed by atoms with Gasteiger partial charge in [-0.25, -0.2) is 0 Å². The van der Waals surface area contributed by atoms with Crippen LogP contribution in [-0.4, -0.2) is 65.6 Å². The van der Waals surface area contributed by atoms with E-state index in [1.54, 1.807) is 11.9 Å². The molecule has 1 N–H and O–H groups in total. The molecule has 6 nitrogen and oxygen atoms in total. The number of likely N-dealkylation sites (tertiary alicyclic amines) is 1. The second-order valence-corrected chi connectivity index (χ2v) is 7.26. The molecule has 2 amide bonds. The number of thiophene rings is 1. The van der Waals surface area contributed by atoms with Crippen molar-refractivity contribution in [1.29, 1.82) is 0 Å². The van der Waals surface area contributed by atoms with Gasteiger partial charge >= 0.3 is 5.97 Å². The molecule has 1 aromatic heterocycles. The second-order valence-electron chi connectivity index (χ2n) is 5.50. The minimum absolute atomic E-state index is 0.0309. The number of amides is 2. The van der Waals surface area contributed by atoms with Crippen LogP contribution in [-0.2, 0) is 9.59 Å². The Morgan fingerprint density at radius 3 is 2.87 bits per heavy atom. The summed E-state index contributed by atoms with van der Waals surface area (Å²) in [7, 11) is 1.60. The molecular weight excluding hydrogens is 336 g/mol. The highest BCUT2D eigenvalue weighted by Crippen LogP contribution is 2.26. The molecule has 23 heavy (non-hydrogen) atoms. The Hall–Kier alpha value is -1.54. The van der Waals surface area contributed by atoms with Crippen LogP contribution in [0, 0.1) is 5.92 Å². The fourth-order valence-corrected chi connectivity index (χ4v) is 4.31. The van der Waals surface area contributed by atoms with Crippen LogP contribution in [0.5, 0.6) is 0 Å². The van der Waals surface area contributed by atoms with Crippen molar-refractivity contribution in [1.82, 2.24) is 9.80 Å². The average Bonchev–Trinajstić information content (AvgIpc) is 3.02. The van der Waals surface area contributed by atoms with Crippen molar-refractivity contribution in [3.05, 3.63) is 16.3 Å². The Balaban J connectivity index is 1.96. The Morgan fingerprint density at radius 2 is 2.22 bits per heavy atom. The predicted octanol–water partition coefficient (Wildman–Crippen LogP) is 1.87. The number of hydrogen-bond donors (Lipinski definition) is 1. The molecule has 0 aliphatic carbocycles. The fraction of sp³-hybridized carbons (Fsp3) is 0.533. The molecule has 1 aliphatic rings. The summed E-state index contributed by atoms with van der Waals surface area (Å²) in [6, 6.07) is 1.89. The maximum atomic E-state index is 12.4. The number of thioether (sulfide) groups is 1. The summed E-state index contributed by atoms with van der Waals surface area (Å²) in [4.78, 5) is 40.3. The van der Waals surface area contributed by atoms with E-state index < -0.39 is 11.9 Å². The molecule has 0 aromatic carbocycles. The average molecular weight is 356 g/mol. The van der Waals surface area contributed by atoms with Gasteiger partial charge in [0, 0.05) is 25.0 Å². The lowest BCUT2D eigenvalue weighted by Crippen LogP contribution is -2.46. The normalized spacial score (nSPS) is 17.8. The summed E-state index contributed by atoms with van der Waals surface area (Å²) < 4.78 is 0. The van der Waals surface area contributed by atoms with Crippen molar-refractivity contribution in [2.45, 2.75) is 17.7 Å². The maximum absolute atomic E-state index is 12.4. The highest BCUT2D eigenvalue weighted by Gasteiger charge is 2.29. The molecule has 0 saturated carbocycles. The van der Waals surface area contributed by atoms with Crippen LogP contribution in [0.2, 0.25) is 0 Å². The van der Waals surface area contributed by atoms with Crippen LogP contribution in [0.4, 0.5) is 0 Å². The van der Waals surface area contributed by atoms with Crippen LogP contribution in [0.3, 0.4) is 0 Å². The monoisotopic (exact) mass is 356 g/mol. The molecule has 2 rings (SSSR count). The number of piperidine rings is 1. The highest BCUT2D eigenvalue weighted by molar-refractivity contribution is 7.98. The Labute approximate surface area is 143 Å². The number of carboxylic acids is 1. The number of carbonyl (C=O) groups is 3. The molecule has 1 unspecified atom stereocenters. The van der Waals surface area contributed by atoms with Crippen molar-refractivity contribution in [2.75, 3.05) is 32.9 Å². The zero-order valence-electron chi connectivity index (χ0n) is 13.2. The first-order valence-corrected chi connectivity index (χ1v) is 9.42. The summed E-state index contributed by atoms with van der Waals surface area (Å²) >= 11 is 2.86. The van der Waals surface area contributed by atoms with Gasteiger partial charge in [0.05, 0.1) is 12.5 Å². The fourth-order valence-electron chi connectivity index (χ4n) is 2.57. The minimum Gasteiger partial charge on any atom is -0.481 e. The Morgan fingerprint density at radius 1 is 1.48 bits per heavy atom. The van der Waals surface area contributed by atoms with Gasteiger partial charge in [0.2, 0.25) is 5.91 Å². The van der Waals surface area contributed by atoms with Crippen molar-refractivity contribution in [3.8, 4) is 0 Å². The third kappa shape index (κ3) is 4.26. The number of rotatable bonds is 5. The zero-order valence-corrected chi connectivity index (χ0v) is 14.8. The van der Waals surface area contributed by atoms with Gasteiger partial charge in [0.25, 0.3) is 5.91 Å². The van der Waals surface area contributed by atoms with E-state index in [0.717, 1.165) is 4.90 Å². The molecule has 0 spiro atoms. The summed E-state index contributed by atoms with van der Waals surface area (Å²) in [5.41, 5.74) is 0. The van der Waals surface area contributed by atoms with Gasteiger partial charge in [-0.3, -0.25) is 14.4 Å². The van der Waals surface area contributed by atoms with Gasteiger partial charge in [-0.1, -0.05) is 0 Å². The van der Waals surface area contributed by atoms with Crippen molar-refractivity contribution >= 4 is 40.9 Å². The van der Waals surface area contributed by atoms with Gasteiger partial charge in [-0.2, -0.15) is 0 Å². The van der Waals surface area contributed by atoms with Crippen LogP contribution < -0.4 is 0 Å². The van der Waals surface area contributed by atoms with Crippen LogP contribution in [0.15, 0.2) is 16.3 Å². The summed E-state index contributed by atoms with van der Waals surface area (Å²) in [6.07, 6.45) is 3.19. The third-order valence-corrected chi connectivity index (χ3v) is 5.70. The van der Waals surface area contributed by atoms with E-state index in [0.29, 0.717) is 24.3 Å². The lowest BCUT2D eigenvalue weighted by Gasteiger charge is -2.32. The summed E-state index contributed by atoms with van der Waals surface area (Å²) in [6.45, 7) is 0.752. The van der Waals surface area contributed by atoms with Gasteiger partial charge in [-0.05, 0) is 30.5 Å². The number of likely N-dealkylation sites (N-methyl/N-ethyl adjacent to an activating group) is 1. The predicted molar refractivity (Wildman–Crippen MR) is 90.0 cm³/mol. The number of hydrogen-bond acceptors (Lipinski definition) is 5. The lowest BCUT2D eigenvalue weighted by molar-refractivity contribution is -0.145. The second kappa shape index (κ2) is 7.83. The SMILES string of the molecule is CSc1ccsc1C(=O)N(C)CC(=O)N1CCCC(C(=O)O)C1. The molecule has 1 aliphatic heterocycles. The number of aliphatic carboxylic acids is 1. The van der Waals surface area contributed by atoms with Crippen molar-refractivity contribution < 1.29 is 19.5 Å². The molecule has 1 atom stereocenters. The van der Waals surface area contributed by atoms with Crippen molar-refractivity contribution in [2.24, 2.45) is 5.92 Å². The summed E-state index contributed by atoms with van der Waals surface area (Å²) in [5, 5.41) is 10.9. The minimum atomic E-state index is -0.866. The number of nitrogens with zero attached hydrogens (tertiary/aromatic N) is 2. The molecule has 1 aromatic rings. The van der Waals surface area contributed by atoms with Crippen LogP contribution in [0.25, 0.3) is 0 Å². The van der Waals surface area contributed by atoms with E-state index in [9.17, 15) is 14.4 Å². The van der Waals surface area contributed by atoms with Gasteiger partial charge in [-0.15, -0.1) is 23.1 Å². The molecular formula is C15H20N2O4S2. The quantitative estimate of drug-likeness (QED) is 0.815. The van der Waals surface area contributed by atoms with Crippen molar-refractivity contribution in [3.63, 3.8) is 0 Å². The molecule has 1 saturated heterocycles. The molecule has 0 radical (unpaired) electrons. The molecule has 8 heteroatoms. The van der Waals surface area contributed by atoms with E-state index in [4.69, 9.17) is 5.11 Å². The molecule has 0 bridgehead atoms. The Bertz CT molecular complexity index is 602. The summed E-state index contributed by atoms with van der Waals surface area (Å²) in [5.74, 6) is -1.75. The first-order valence-electron chi connectivity index (χ1n) is 7.31. The van der Waals surface area contributed by atoms with E-state index in [1.165, 1.54) is 28.0 Å². The van der Waals surface area contributed by atoms with E-state index in [1.807, 2.05) is 17.7 Å². The lowest BCUT2D eigenvalue weighted by atomic mass is 9.98. The van der Waals surface area contributed by atoms with Gasteiger partial charge in [0.1, 0.15) is 4.88 Å². The smallest absolute Gasteiger partial charge is 0.308 e. The first-order chi connectivity index (χ1) is 10.9. The first kappa shape index (κ1) is 17.8. The van der Waals surface area contributed by atoms with Gasteiger partial charge < -0.3 is 14.9 Å². The van der Waals surface area contributed by atoms with Crippen LogP contribution >= 0.6 is 23.1 Å². The third-order valence-electron chi connectivity index (χ3n) is 3.89. The highest BCUT2D eigenvalue weighted by atomic mass is 32.2. The largest absolute Gasteiger partial charge is 0.481 e. The molecule has 1 fully saturated rings. The Kier molecular flexibility index (Phi) is 6.06. The zero-order chi connectivity index (χ0) is 17.0. The molecule has 2 heterocycles. The topological polar surface area (TPSA) is 77.9 Å². The van der Waals surface area contributed by atoms with E-state index >= 15 is 0 Å². The number of carboxylic acid groups (broad SMARTS) is 1. The van der Waals surface area contributed by atoms with E-state index in [-0.39, 0.29) is 24.9 Å². The van der Waals surface area contributed by atoms with E-state index in [2.05, 4.69) is 0 Å². The van der Waals surface area contributed by atoms with Gasteiger partial charge in [0.15, 0.2) is 0 Å². The van der Waals surface area contributed by atoms with Crippen LogP contribution in [0.1, 0.15) is 22.5 Å². The number of carbonyl (C=O) groups excluding carboxylic acids is 2. The maximum Gasteiger partial charge on any atom is 0.308 e. The standard InChI is InChI=1S/C15H20N2O4S2/c1-16(14(19)13-11(22-2)5-7-23-13)9-12(18)17-6-3-4-10(8-17)15(20)21/h5,7,10H,3-4,6,8-9H2,1-2H3,(H,20,21).